The second kappa shape index (κ2) is 41.6. The summed E-state index contributed by atoms with van der Waals surface area (Å²) in [6.45, 7) is 13.7. The molecule has 0 radical (unpaired) electrons. The van der Waals surface area contributed by atoms with Gasteiger partial charge in [-0.25, -0.2) is 0 Å². The van der Waals surface area contributed by atoms with Crippen molar-refractivity contribution in [2.45, 2.75) is 272 Å². The lowest BCUT2D eigenvalue weighted by Gasteiger charge is -2.18. The molecule has 0 spiro atoms. The molecule has 0 saturated carbocycles. The lowest BCUT2D eigenvalue weighted by Crippen LogP contribution is -2.30. The van der Waals surface area contributed by atoms with Crippen molar-refractivity contribution in [1.82, 2.24) is 0 Å². The van der Waals surface area contributed by atoms with E-state index in [9.17, 15) is 14.4 Å². The summed E-state index contributed by atoms with van der Waals surface area (Å²) in [5.74, 6) is 1.60. The predicted molar refractivity (Wildman–Crippen MR) is 238 cm³/mol. The van der Waals surface area contributed by atoms with Crippen molar-refractivity contribution in [1.29, 1.82) is 0 Å². The fraction of sp³-hybridized carbons (Fsp3) is 0.940. The Bertz CT molecular complexity index is 870. The van der Waals surface area contributed by atoms with E-state index < -0.39 is 6.10 Å². The Morgan fingerprint density at radius 1 is 0.357 bits per heavy atom. The van der Waals surface area contributed by atoms with Gasteiger partial charge in [0, 0.05) is 19.3 Å². The summed E-state index contributed by atoms with van der Waals surface area (Å²) in [5, 5.41) is 0. The average molecular weight is 793 g/mol. The van der Waals surface area contributed by atoms with Gasteiger partial charge in [0.1, 0.15) is 13.2 Å². The van der Waals surface area contributed by atoms with Gasteiger partial charge in [0.15, 0.2) is 6.10 Å². The number of rotatable bonds is 43. The summed E-state index contributed by atoms with van der Waals surface area (Å²) >= 11 is 0. The van der Waals surface area contributed by atoms with Crippen molar-refractivity contribution in [3.63, 3.8) is 0 Å². The van der Waals surface area contributed by atoms with E-state index >= 15 is 0 Å². The Hall–Kier alpha value is -1.59. The first-order chi connectivity index (χ1) is 27.1. The number of carbonyl (C=O) groups excluding carboxylic acids is 3. The van der Waals surface area contributed by atoms with Crippen LogP contribution in [-0.4, -0.2) is 37.2 Å². The number of hydrogen-bond acceptors (Lipinski definition) is 6. The molecule has 6 heteroatoms. The molecule has 0 aliphatic heterocycles. The van der Waals surface area contributed by atoms with E-state index in [0.29, 0.717) is 19.3 Å². The molecular weight excluding hydrogens is 697 g/mol. The largest absolute Gasteiger partial charge is 0.462 e. The molecule has 56 heavy (non-hydrogen) atoms. The van der Waals surface area contributed by atoms with Crippen molar-refractivity contribution in [3.05, 3.63) is 0 Å². The van der Waals surface area contributed by atoms with Crippen molar-refractivity contribution >= 4 is 17.9 Å². The summed E-state index contributed by atoms with van der Waals surface area (Å²) in [7, 11) is 0. The van der Waals surface area contributed by atoms with E-state index in [1.807, 2.05) is 0 Å². The van der Waals surface area contributed by atoms with E-state index in [4.69, 9.17) is 14.2 Å². The van der Waals surface area contributed by atoms with Crippen molar-refractivity contribution in [2.24, 2.45) is 17.8 Å². The van der Waals surface area contributed by atoms with Crippen LogP contribution in [0.5, 0.6) is 0 Å². The molecule has 0 N–H and O–H groups in total. The van der Waals surface area contributed by atoms with Gasteiger partial charge in [0.25, 0.3) is 0 Å². The van der Waals surface area contributed by atoms with Gasteiger partial charge < -0.3 is 14.2 Å². The molecule has 0 aromatic carbocycles. The van der Waals surface area contributed by atoms with Crippen molar-refractivity contribution in [2.75, 3.05) is 13.2 Å². The van der Waals surface area contributed by atoms with Gasteiger partial charge in [-0.15, -0.1) is 0 Å². The van der Waals surface area contributed by atoms with Crippen LogP contribution < -0.4 is 0 Å². The molecule has 2 atom stereocenters. The Morgan fingerprint density at radius 3 is 0.929 bits per heavy atom. The summed E-state index contributed by atoms with van der Waals surface area (Å²) in [5.41, 5.74) is 0. The molecule has 0 fully saturated rings. The molecule has 1 unspecified atom stereocenters. The van der Waals surface area contributed by atoms with Crippen LogP contribution in [0.4, 0.5) is 0 Å². The van der Waals surface area contributed by atoms with Crippen LogP contribution in [0.2, 0.25) is 0 Å². The highest BCUT2D eigenvalue weighted by Crippen LogP contribution is 2.18. The van der Waals surface area contributed by atoms with Crippen molar-refractivity contribution in [3.8, 4) is 0 Å². The molecule has 0 aliphatic rings. The first-order valence-electron chi connectivity index (χ1n) is 24.6. The Balaban J connectivity index is 4.30. The standard InChI is InChI=1S/C50H96O6/c1-7-46(6)38-32-26-19-15-12-13-17-21-29-35-41-50(53)56-47(43-55-49(52)40-34-28-23-22-25-31-37-45(4)5)42-54-48(51)39-33-27-20-16-11-9-8-10-14-18-24-30-36-44(2)3/h44-47H,7-43H2,1-6H3/t46?,47-/m0/s1. The summed E-state index contributed by atoms with van der Waals surface area (Å²) in [4.78, 5) is 37.8. The third-order valence-electron chi connectivity index (χ3n) is 11.5. The summed E-state index contributed by atoms with van der Waals surface area (Å²) in [6.07, 6.45) is 39.5. The fourth-order valence-electron chi connectivity index (χ4n) is 7.38. The molecule has 0 aliphatic carbocycles. The van der Waals surface area contributed by atoms with E-state index in [-0.39, 0.29) is 31.1 Å². The van der Waals surface area contributed by atoms with Gasteiger partial charge >= 0.3 is 17.9 Å². The van der Waals surface area contributed by atoms with Crippen LogP contribution in [0.1, 0.15) is 266 Å². The predicted octanol–water partition coefficient (Wildman–Crippen LogP) is 15.6. The van der Waals surface area contributed by atoms with Crippen LogP contribution in [-0.2, 0) is 28.6 Å². The normalized spacial score (nSPS) is 12.6. The highest BCUT2D eigenvalue weighted by Gasteiger charge is 2.19. The number of carbonyl (C=O) groups is 3. The van der Waals surface area contributed by atoms with Gasteiger partial charge in [-0.3, -0.25) is 14.4 Å². The van der Waals surface area contributed by atoms with Crippen LogP contribution >= 0.6 is 0 Å². The van der Waals surface area contributed by atoms with Crippen LogP contribution in [0, 0.1) is 17.8 Å². The maximum absolute atomic E-state index is 12.7. The Kier molecular flexibility index (Phi) is 40.4. The zero-order valence-electron chi connectivity index (χ0n) is 38.4. The first kappa shape index (κ1) is 54.4. The molecular formula is C50H96O6. The molecule has 332 valence electrons. The van der Waals surface area contributed by atoms with Crippen LogP contribution in [0.15, 0.2) is 0 Å². The highest BCUT2D eigenvalue weighted by molar-refractivity contribution is 5.71. The molecule has 6 nitrogen and oxygen atoms in total. The molecule has 0 rings (SSSR count). The maximum Gasteiger partial charge on any atom is 0.306 e. The number of esters is 3. The van der Waals surface area contributed by atoms with E-state index in [1.54, 1.807) is 0 Å². The highest BCUT2D eigenvalue weighted by atomic mass is 16.6. The van der Waals surface area contributed by atoms with E-state index in [2.05, 4.69) is 41.5 Å². The van der Waals surface area contributed by atoms with Crippen LogP contribution in [0.25, 0.3) is 0 Å². The molecule has 0 saturated heterocycles. The third kappa shape index (κ3) is 42.0. The zero-order chi connectivity index (χ0) is 41.3. The molecule has 0 heterocycles. The summed E-state index contributed by atoms with van der Waals surface area (Å²) < 4.78 is 16.8. The van der Waals surface area contributed by atoms with E-state index in [0.717, 1.165) is 75.5 Å². The number of unbranched alkanes of at least 4 members (excludes halogenated alkanes) is 25. The Labute approximate surface area is 348 Å². The van der Waals surface area contributed by atoms with E-state index in [1.165, 1.54) is 148 Å². The fourth-order valence-corrected chi connectivity index (χ4v) is 7.38. The topological polar surface area (TPSA) is 78.9 Å². The minimum atomic E-state index is -0.762. The molecule has 0 aromatic rings. The first-order valence-corrected chi connectivity index (χ1v) is 24.6. The van der Waals surface area contributed by atoms with Gasteiger partial charge in [-0.1, -0.05) is 228 Å². The smallest absolute Gasteiger partial charge is 0.306 e. The van der Waals surface area contributed by atoms with Gasteiger partial charge in [0.2, 0.25) is 0 Å². The molecule has 0 aromatic heterocycles. The lowest BCUT2D eigenvalue weighted by molar-refractivity contribution is -0.167. The van der Waals surface area contributed by atoms with Gasteiger partial charge in [-0.2, -0.15) is 0 Å². The third-order valence-corrected chi connectivity index (χ3v) is 11.5. The summed E-state index contributed by atoms with van der Waals surface area (Å²) in [6, 6.07) is 0. The van der Waals surface area contributed by atoms with Gasteiger partial charge in [-0.05, 0) is 37.0 Å². The monoisotopic (exact) mass is 793 g/mol. The van der Waals surface area contributed by atoms with Gasteiger partial charge in [0.05, 0.1) is 0 Å². The molecule has 0 amide bonds. The van der Waals surface area contributed by atoms with Crippen LogP contribution in [0.3, 0.4) is 0 Å². The van der Waals surface area contributed by atoms with Crippen molar-refractivity contribution < 1.29 is 28.6 Å². The zero-order valence-corrected chi connectivity index (χ0v) is 38.4. The SMILES string of the molecule is CCC(C)CCCCCCCCCCCCC(=O)O[C@@H](COC(=O)CCCCCCCCCCCCCCC(C)C)COC(=O)CCCCCCCCC(C)C. The number of ether oxygens (including phenoxy) is 3. The quantitative estimate of drug-likeness (QED) is 0.0348. The second-order valence-corrected chi connectivity index (χ2v) is 18.3. The lowest BCUT2D eigenvalue weighted by atomic mass is 9.99. The average Bonchev–Trinajstić information content (AvgIpc) is 3.16. The minimum absolute atomic E-state index is 0.0659. The minimum Gasteiger partial charge on any atom is -0.462 e. The number of hydrogen-bond donors (Lipinski definition) is 0. The Morgan fingerprint density at radius 2 is 0.625 bits per heavy atom. The maximum atomic E-state index is 12.7. The second-order valence-electron chi connectivity index (χ2n) is 18.3. The molecule has 0 bridgehead atoms.